The van der Waals surface area contributed by atoms with Crippen molar-refractivity contribution in [2.45, 2.75) is 51.0 Å². The highest BCUT2D eigenvalue weighted by atomic mass is 16.5. The minimum absolute atomic E-state index is 0.501. The first-order valence-electron chi connectivity index (χ1n) is 7.12. The topological polar surface area (TPSA) is 47.0 Å². The van der Waals surface area contributed by atoms with Crippen LogP contribution in [-0.2, 0) is 12.8 Å². The van der Waals surface area contributed by atoms with Gasteiger partial charge in [-0.25, -0.2) is 9.97 Å². The van der Waals surface area contributed by atoms with Gasteiger partial charge in [-0.2, -0.15) is 0 Å². The first kappa shape index (κ1) is 11.9. The Hall–Kier alpha value is -1.16. The third-order valence-corrected chi connectivity index (χ3v) is 3.92. The highest BCUT2D eigenvalue weighted by Gasteiger charge is 2.18. The van der Waals surface area contributed by atoms with Crippen LogP contribution in [0.2, 0.25) is 0 Å². The molecule has 1 saturated heterocycles. The van der Waals surface area contributed by atoms with Gasteiger partial charge in [0.05, 0.1) is 5.69 Å². The molecule has 3 rings (SSSR count). The predicted octanol–water partition coefficient (Wildman–Crippen LogP) is 1.88. The van der Waals surface area contributed by atoms with E-state index in [1.54, 1.807) is 6.33 Å². The zero-order valence-corrected chi connectivity index (χ0v) is 10.8. The Morgan fingerprint density at radius 3 is 3.00 bits per heavy atom. The minimum atomic E-state index is 0.501. The van der Waals surface area contributed by atoms with E-state index in [0.29, 0.717) is 6.04 Å². The van der Waals surface area contributed by atoms with Crippen molar-refractivity contribution in [2.75, 3.05) is 13.2 Å². The van der Waals surface area contributed by atoms with E-state index in [-0.39, 0.29) is 0 Å². The van der Waals surface area contributed by atoms with Crippen molar-refractivity contribution in [3.05, 3.63) is 17.6 Å². The molecule has 1 aliphatic heterocycles. The molecule has 1 aromatic heterocycles. The van der Waals surface area contributed by atoms with Crippen molar-refractivity contribution in [2.24, 2.45) is 0 Å². The van der Waals surface area contributed by atoms with Crippen molar-refractivity contribution in [3.8, 4) is 5.88 Å². The van der Waals surface area contributed by atoms with Crippen molar-refractivity contribution >= 4 is 0 Å². The molecule has 0 aromatic carbocycles. The van der Waals surface area contributed by atoms with Gasteiger partial charge in [0.2, 0.25) is 5.88 Å². The number of fused-ring (bicyclic) bond motifs is 1. The van der Waals surface area contributed by atoms with Gasteiger partial charge in [-0.05, 0) is 45.1 Å². The van der Waals surface area contributed by atoms with E-state index in [0.717, 1.165) is 31.9 Å². The molecular weight excluding hydrogens is 226 g/mol. The maximum Gasteiger partial charge on any atom is 0.219 e. The smallest absolute Gasteiger partial charge is 0.219 e. The maximum absolute atomic E-state index is 5.93. The average Bonchev–Trinajstić information content (AvgIpc) is 2.79. The van der Waals surface area contributed by atoms with Gasteiger partial charge in [0, 0.05) is 11.6 Å². The molecule has 4 nitrogen and oxygen atoms in total. The normalized spacial score (nSPS) is 23.4. The molecule has 1 atom stereocenters. The number of hydrogen-bond acceptors (Lipinski definition) is 4. The number of rotatable bonds is 3. The van der Waals surface area contributed by atoms with E-state index in [1.807, 2.05) is 0 Å². The Kier molecular flexibility index (Phi) is 3.74. The Labute approximate surface area is 108 Å². The fraction of sp³-hybridized carbons (Fsp3) is 0.714. The molecule has 1 fully saturated rings. The fourth-order valence-electron chi connectivity index (χ4n) is 2.87. The lowest BCUT2D eigenvalue weighted by Gasteiger charge is -2.14. The Morgan fingerprint density at radius 1 is 1.17 bits per heavy atom. The van der Waals surface area contributed by atoms with E-state index >= 15 is 0 Å². The molecule has 0 saturated carbocycles. The zero-order valence-electron chi connectivity index (χ0n) is 10.8. The third kappa shape index (κ3) is 2.64. The van der Waals surface area contributed by atoms with Gasteiger partial charge >= 0.3 is 0 Å². The summed E-state index contributed by atoms with van der Waals surface area (Å²) in [6, 6.07) is 0.501. The Morgan fingerprint density at radius 2 is 2.11 bits per heavy atom. The van der Waals surface area contributed by atoms with Gasteiger partial charge in [0.1, 0.15) is 12.9 Å². The molecule has 98 valence electrons. The van der Waals surface area contributed by atoms with Crippen LogP contribution in [0.15, 0.2) is 6.33 Å². The molecule has 1 aromatic rings. The van der Waals surface area contributed by atoms with E-state index in [4.69, 9.17) is 4.74 Å². The summed E-state index contributed by atoms with van der Waals surface area (Å²) in [6.07, 6.45) is 10.1. The average molecular weight is 247 g/mol. The standard InChI is InChI=1S/C14H21N3O/c1-2-6-12-13(7-3-1)16-10-17-14(12)18-9-11-5-4-8-15-11/h10-11,15H,1-9H2. The Bertz CT molecular complexity index is 402. The van der Waals surface area contributed by atoms with Crippen LogP contribution in [0.5, 0.6) is 5.88 Å². The van der Waals surface area contributed by atoms with Crippen molar-refractivity contribution in [1.29, 1.82) is 0 Å². The van der Waals surface area contributed by atoms with Crippen molar-refractivity contribution < 1.29 is 4.74 Å². The number of aryl methyl sites for hydroxylation is 1. The summed E-state index contributed by atoms with van der Waals surface area (Å²) in [6.45, 7) is 1.86. The number of ether oxygens (including phenoxy) is 1. The highest BCUT2D eigenvalue weighted by molar-refractivity contribution is 5.30. The van der Waals surface area contributed by atoms with Gasteiger partial charge in [-0.1, -0.05) is 6.42 Å². The van der Waals surface area contributed by atoms with Gasteiger partial charge < -0.3 is 10.1 Å². The minimum Gasteiger partial charge on any atom is -0.476 e. The van der Waals surface area contributed by atoms with Crippen LogP contribution in [0.25, 0.3) is 0 Å². The molecule has 2 aliphatic rings. The second-order valence-corrected chi connectivity index (χ2v) is 5.27. The van der Waals surface area contributed by atoms with E-state index in [2.05, 4.69) is 15.3 Å². The van der Waals surface area contributed by atoms with Crippen molar-refractivity contribution in [1.82, 2.24) is 15.3 Å². The van der Waals surface area contributed by atoms with Gasteiger partial charge in [-0.3, -0.25) is 0 Å². The monoisotopic (exact) mass is 247 g/mol. The first-order valence-corrected chi connectivity index (χ1v) is 7.12. The molecule has 0 amide bonds. The highest BCUT2D eigenvalue weighted by Crippen LogP contribution is 2.25. The van der Waals surface area contributed by atoms with Gasteiger partial charge in [0.15, 0.2) is 0 Å². The second-order valence-electron chi connectivity index (χ2n) is 5.27. The molecule has 1 aliphatic carbocycles. The summed E-state index contributed by atoms with van der Waals surface area (Å²) in [5.41, 5.74) is 2.46. The molecule has 0 spiro atoms. The maximum atomic E-state index is 5.93. The SMILES string of the molecule is c1nc2c(c(OCC3CCCN3)n1)CCCCC2. The van der Waals surface area contributed by atoms with Crippen LogP contribution in [0, 0.1) is 0 Å². The molecule has 0 radical (unpaired) electrons. The van der Waals surface area contributed by atoms with Gasteiger partial charge in [0.25, 0.3) is 0 Å². The van der Waals surface area contributed by atoms with Gasteiger partial charge in [-0.15, -0.1) is 0 Å². The molecule has 2 heterocycles. The lowest BCUT2D eigenvalue weighted by molar-refractivity contribution is 0.264. The summed E-state index contributed by atoms with van der Waals surface area (Å²) < 4.78 is 5.93. The van der Waals surface area contributed by atoms with Crippen LogP contribution < -0.4 is 10.1 Å². The fourth-order valence-corrected chi connectivity index (χ4v) is 2.87. The largest absolute Gasteiger partial charge is 0.476 e. The molecule has 4 heteroatoms. The van der Waals surface area contributed by atoms with Crippen molar-refractivity contribution in [3.63, 3.8) is 0 Å². The summed E-state index contributed by atoms with van der Waals surface area (Å²) in [5, 5.41) is 3.45. The molecule has 18 heavy (non-hydrogen) atoms. The number of nitrogens with one attached hydrogen (secondary N) is 1. The first-order chi connectivity index (χ1) is 8.93. The number of aromatic nitrogens is 2. The second kappa shape index (κ2) is 5.65. The van der Waals surface area contributed by atoms with Crippen LogP contribution in [-0.4, -0.2) is 29.2 Å². The molecule has 0 bridgehead atoms. The number of hydrogen-bond donors (Lipinski definition) is 1. The molecule has 1 N–H and O–H groups in total. The van der Waals surface area contributed by atoms with E-state index in [1.165, 1.54) is 43.4 Å². The molecular formula is C14H21N3O. The predicted molar refractivity (Wildman–Crippen MR) is 69.8 cm³/mol. The number of nitrogens with zero attached hydrogens (tertiary/aromatic N) is 2. The van der Waals surface area contributed by atoms with E-state index in [9.17, 15) is 0 Å². The lowest BCUT2D eigenvalue weighted by Crippen LogP contribution is -2.28. The van der Waals surface area contributed by atoms with Crippen LogP contribution in [0.3, 0.4) is 0 Å². The van der Waals surface area contributed by atoms with Crippen LogP contribution >= 0.6 is 0 Å². The summed E-state index contributed by atoms with van der Waals surface area (Å²) in [7, 11) is 0. The summed E-state index contributed by atoms with van der Waals surface area (Å²) in [5.74, 6) is 0.829. The Balaban J connectivity index is 1.70. The zero-order chi connectivity index (χ0) is 12.2. The molecule has 1 unspecified atom stereocenters. The lowest BCUT2D eigenvalue weighted by atomic mass is 10.1. The summed E-state index contributed by atoms with van der Waals surface area (Å²) in [4.78, 5) is 8.75. The summed E-state index contributed by atoms with van der Waals surface area (Å²) >= 11 is 0. The quantitative estimate of drug-likeness (QED) is 0.828. The van der Waals surface area contributed by atoms with E-state index < -0.39 is 0 Å². The van der Waals surface area contributed by atoms with Crippen LogP contribution in [0.4, 0.5) is 0 Å². The third-order valence-electron chi connectivity index (χ3n) is 3.92. The van der Waals surface area contributed by atoms with Crippen LogP contribution in [0.1, 0.15) is 43.4 Å².